The normalized spacial score (nSPS) is 9.81. The van der Waals surface area contributed by atoms with Gasteiger partial charge in [0.25, 0.3) is 5.91 Å². The van der Waals surface area contributed by atoms with Crippen molar-refractivity contribution in [1.29, 1.82) is 5.26 Å². The number of aromatic nitrogens is 1. The smallest absolute Gasteiger partial charge is 0.285 e. The third-order valence-corrected chi connectivity index (χ3v) is 3.65. The highest BCUT2D eigenvalue weighted by Crippen LogP contribution is 2.17. The third-order valence-electron chi connectivity index (χ3n) is 3.65. The molecule has 1 amide bonds. The summed E-state index contributed by atoms with van der Waals surface area (Å²) in [7, 11) is 0. The molecule has 0 aliphatic carbocycles. The molecule has 128 valence electrons. The average molecular weight is 344 g/mol. The zero-order chi connectivity index (χ0) is 18.2. The Morgan fingerprint density at radius 3 is 2.50 bits per heavy atom. The average Bonchev–Trinajstić information content (AvgIpc) is 2.72. The molecule has 6 heteroatoms. The van der Waals surface area contributed by atoms with Crippen LogP contribution in [0, 0.1) is 11.3 Å². The number of nitrogens with one attached hydrogen (secondary N) is 2. The molecule has 3 rings (SSSR count). The van der Waals surface area contributed by atoms with Gasteiger partial charge in [0.05, 0.1) is 17.2 Å². The van der Waals surface area contributed by atoms with Crippen LogP contribution in [0.5, 0.6) is 5.75 Å². The zero-order valence-electron chi connectivity index (χ0n) is 13.8. The molecule has 6 nitrogen and oxygen atoms in total. The van der Waals surface area contributed by atoms with E-state index in [9.17, 15) is 4.79 Å². The third kappa shape index (κ3) is 4.36. The molecule has 0 radical (unpaired) electrons. The Hall–Kier alpha value is -3.85. The number of pyridine rings is 1. The first-order valence-electron chi connectivity index (χ1n) is 7.95. The second kappa shape index (κ2) is 8.31. The highest BCUT2D eigenvalue weighted by atomic mass is 16.7. The van der Waals surface area contributed by atoms with E-state index >= 15 is 0 Å². The lowest BCUT2D eigenvalue weighted by Gasteiger charge is -2.12. The van der Waals surface area contributed by atoms with Crippen LogP contribution in [0.2, 0.25) is 0 Å². The molecule has 26 heavy (non-hydrogen) atoms. The van der Waals surface area contributed by atoms with Gasteiger partial charge in [-0.25, -0.2) is 0 Å². The summed E-state index contributed by atoms with van der Waals surface area (Å²) in [6, 6.07) is 19.5. The Morgan fingerprint density at radius 2 is 1.77 bits per heavy atom. The Kier molecular flexibility index (Phi) is 5.43. The molecule has 1 heterocycles. The van der Waals surface area contributed by atoms with Gasteiger partial charge in [-0.1, -0.05) is 12.1 Å². The fourth-order valence-electron chi connectivity index (χ4n) is 2.29. The summed E-state index contributed by atoms with van der Waals surface area (Å²) in [5.41, 5.74) is 5.17. The SMILES string of the molecule is N#Cc1ccc(ONC(=O)c2ccccc2NCc2ccncc2)cc1. The lowest BCUT2D eigenvalue weighted by Crippen LogP contribution is -2.27. The molecule has 0 aliphatic heterocycles. The van der Waals surface area contributed by atoms with E-state index in [0.29, 0.717) is 29.1 Å². The quantitative estimate of drug-likeness (QED) is 0.670. The minimum atomic E-state index is -0.368. The fraction of sp³-hybridized carbons (Fsp3) is 0.0500. The maximum absolute atomic E-state index is 12.4. The van der Waals surface area contributed by atoms with Crippen LogP contribution in [0.1, 0.15) is 21.5 Å². The molecule has 2 aromatic carbocycles. The van der Waals surface area contributed by atoms with Crippen LogP contribution in [0.4, 0.5) is 5.69 Å². The number of carbonyl (C=O) groups excluding carboxylic acids is 1. The number of nitriles is 1. The van der Waals surface area contributed by atoms with Gasteiger partial charge in [-0.2, -0.15) is 10.7 Å². The van der Waals surface area contributed by atoms with Gasteiger partial charge in [-0.15, -0.1) is 0 Å². The summed E-state index contributed by atoms with van der Waals surface area (Å²) >= 11 is 0. The lowest BCUT2D eigenvalue weighted by molar-refractivity contribution is 0.0761. The predicted octanol–water partition coefficient (Wildman–Crippen LogP) is 3.29. The topological polar surface area (TPSA) is 87.0 Å². The molecule has 0 saturated heterocycles. The molecule has 0 unspecified atom stereocenters. The largest absolute Gasteiger partial charge is 0.380 e. The van der Waals surface area contributed by atoms with Gasteiger partial charge in [-0.3, -0.25) is 9.78 Å². The summed E-state index contributed by atoms with van der Waals surface area (Å²) in [6.07, 6.45) is 3.45. The summed E-state index contributed by atoms with van der Waals surface area (Å²) in [5, 5.41) is 12.0. The van der Waals surface area contributed by atoms with E-state index in [4.69, 9.17) is 10.1 Å². The number of rotatable bonds is 6. The van der Waals surface area contributed by atoms with Crippen molar-refractivity contribution in [3.05, 3.63) is 89.7 Å². The van der Waals surface area contributed by atoms with Crippen molar-refractivity contribution >= 4 is 11.6 Å². The second-order valence-corrected chi connectivity index (χ2v) is 5.42. The summed E-state index contributed by atoms with van der Waals surface area (Å²) in [6.45, 7) is 0.573. The standard InChI is InChI=1S/C20H16N4O2/c21-13-15-5-7-17(8-6-15)26-24-20(25)18-3-1-2-4-19(18)23-14-16-9-11-22-12-10-16/h1-12,23H,14H2,(H,24,25). The molecule has 0 aliphatic rings. The maximum Gasteiger partial charge on any atom is 0.285 e. The number of hydrogen-bond donors (Lipinski definition) is 2. The fourth-order valence-corrected chi connectivity index (χ4v) is 2.29. The van der Waals surface area contributed by atoms with Crippen LogP contribution >= 0.6 is 0 Å². The number of benzene rings is 2. The van der Waals surface area contributed by atoms with Crippen LogP contribution in [-0.4, -0.2) is 10.9 Å². The minimum absolute atomic E-state index is 0.368. The van der Waals surface area contributed by atoms with E-state index in [0.717, 1.165) is 5.56 Å². The number of hydroxylamine groups is 1. The Balaban J connectivity index is 1.64. The van der Waals surface area contributed by atoms with Crippen molar-refractivity contribution in [2.24, 2.45) is 0 Å². The Morgan fingerprint density at radius 1 is 1.04 bits per heavy atom. The number of carbonyl (C=O) groups is 1. The van der Waals surface area contributed by atoms with Crippen LogP contribution in [0.25, 0.3) is 0 Å². The molecule has 0 bridgehead atoms. The summed E-state index contributed by atoms with van der Waals surface area (Å²) in [4.78, 5) is 21.7. The van der Waals surface area contributed by atoms with E-state index in [1.807, 2.05) is 30.3 Å². The Labute approximate surface area is 151 Å². The molecule has 0 fully saturated rings. The first-order valence-corrected chi connectivity index (χ1v) is 7.95. The van der Waals surface area contributed by atoms with E-state index in [2.05, 4.69) is 15.8 Å². The molecule has 0 saturated carbocycles. The summed E-state index contributed by atoms with van der Waals surface area (Å²) < 4.78 is 0. The van der Waals surface area contributed by atoms with Crippen molar-refractivity contribution < 1.29 is 9.63 Å². The monoisotopic (exact) mass is 344 g/mol. The number of nitrogens with zero attached hydrogens (tertiary/aromatic N) is 2. The number of amides is 1. The molecule has 3 aromatic rings. The van der Waals surface area contributed by atoms with Gasteiger partial charge in [0.2, 0.25) is 0 Å². The van der Waals surface area contributed by atoms with Crippen LogP contribution < -0.4 is 15.6 Å². The van der Waals surface area contributed by atoms with Crippen molar-refractivity contribution in [3.63, 3.8) is 0 Å². The highest BCUT2D eigenvalue weighted by Gasteiger charge is 2.11. The molecular weight excluding hydrogens is 328 g/mol. The number of hydrogen-bond acceptors (Lipinski definition) is 5. The number of para-hydroxylation sites is 1. The first-order chi connectivity index (χ1) is 12.8. The molecule has 0 atom stereocenters. The van der Waals surface area contributed by atoms with Crippen LogP contribution in [0.3, 0.4) is 0 Å². The minimum Gasteiger partial charge on any atom is -0.380 e. The molecular formula is C20H16N4O2. The van der Waals surface area contributed by atoms with E-state index in [1.165, 1.54) is 0 Å². The predicted molar refractivity (Wildman–Crippen MR) is 97.3 cm³/mol. The van der Waals surface area contributed by atoms with Crippen LogP contribution in [0.15, 0.2) is 73.1 Å². The van der Waals surface area contributed by atoms with Gasteiger partial charge < -0.3 is 10.2 Å². The van der Waals surface area contributed by atoms with E-state index in [1.54, 1.807) is 48.8 Å². The van der Waals surface area contributed by atoms with Gasteiger partial charge in [0, 0.05) is 24.6 Å². The van der Waals surface area contributed by atoms with E-state index < -0.39 is 0 Å². The second-order valence-electron chi connectivity index (χ2n) is 5.42. The Bertz CT molecular complexity index is 919. The van der Waals surface area contributed by atoms with Crippen molar-refractivity contribution in [3.8, 4) is 11.8 Å². The summed E-state index contributed by atoms with van der Waals surface area (Å²) in [5.74, 6) is 0.0757. The van der Waals surface area contributed by atoms with Crippen molar-refractivity contribution in [2.45, 2.75) is 6.54 Å². The zero-order valence-corrected chi connectivity index (χ0v) is 13.8. The van der Waals surface area contributed by atoms with Gasteiger partial charge in [-0.05, 0) is 54.1 Å². The first kappa shape index (κ1) is 17.0. The number of anilines is 1. The van der Waals surface area contributed by atoms with Crippen LogP contribution in [-0.2, 0) is 6.54 Å². The van der Waals surface area contributed by atoms with Gasteiger partial charge >= 0.3 is 0 Å². The molecule has 2 N–H and O–H groups in total. The van der Waals surface area contributed by atoms with Gasteiger partial charge in [0.1, 0.15) is 0 Å². The molecule has 0 spiro atoms. The molecule has 1 aromatic heterocycles. The van der Waals surface area contributed by atoms with Crippen molar-refractivity contribution in [2.75, 3.05) is 5.32 Å². The highest BCUT2D eigenvalue weighted by molar-refractivity contribution is 5.99. The van der Waals surface area contributed by atoms with Gasteiger partial charge in [0.15, 0.2) is 5.75 Å². The van der Waals surface area contributed by atoms with E-state index in [-0.39, 0.29) is 5.91 Å². The maximum atomic E-state index is 12.4. The lowest BCUT2D eigenvalue weighted by atomic mass is 10.1. The van der Waals surface area contributed by atoms with Crippen molar-refractivity contribution in [1.82, 2.24) is 10.5 Å².